The summed E-state index contributed by atoms with van der Waals surface area (Å²) >= 11 is 0. The normalized spacial score (nSPS) is 25.4. The molecular weight excluding hydrogens is 224 g/mol. The Kier molecular flexibility index (Phi) is 3.37. The molecule has 1 aliphatic heterocycles. The molecule has 1 aromatic carbocycles. The van der Waals surface area contributed by atoms with Crippen LogP contribution in [-0.4, -0.2) is 36.7 Å². The van der Waals surface area contributed by atoms with Crippen LogP contribution in [0, 0.1) is 0 Å². The van der Waals surface area contributed by atoms with E-state index in [0.29, 0.717) is 0 Å². The van der Waals surface area contributed by atoms with Crippen molar-refractivity contribution in [2.24, 2.45) is 5.73 Å². The third-order valence-corrected chi connectivity index (χ3v) is 4.60. The van der Waals surface area contributed by atoms with Crippen molar-refractivity contribution in [2.75, 3.05) is 26.3 Å². The minimum absolute atomic E-state index is 0.130. The van der Waals surface area contributed by atoms with Gasteiger partial charge in [0.1, 0.15) is 0 Å². The first-order chi connectivity index (χ1) is 8.83. The Bertz CT molecular complexity index is 383. The number of hydrogen-bond donors (Lipinski definition) is 1. The number of nitrogens with zero attached hydrogens (tertiary/aromatic N) is 1. The van der Waals surface area contributed by atoms with Crippen LogP contribution in [0.4, 0.5) is 0 Å². The van der Waals surface area contributed by atoms with Crippen LogP contribution in [0.3, 0.4) is 0 Å². The summed E-state index contributed by atoms with van der Waals surface area (Å²) in [6.07, 6.45) is 3.75. The average molecular weight is 246 g/mol. The Labute approximate surface area is 109 Å². The van der Waals surface area contributed by atoms with Gasteiger partial charge in [-0.2, -0.15) is 0 Å². The molecular formula is C15H22N2O. The zero-order valence-electron chi connectivity index (χ0n) is 10.8. The number of rotatable bonds is 3. The lowest BCUT2D eigenvalue weighted by Crippen LogP contribution is -2.62. The molecule has 0 radical (unpaired) electrons. The van der Waals surface area contributed by atoms with E-state index >= 15 is 0 Å². The van der Waals surface area contributed by atoms with Crippen molar-refractivity contribution in [3.63, 3.8) is 0 Å². The van der Waals surface area contributed by atoms with E-state index in [9.17, 15) is 0 Å². The molecule has 1 aromatic rings. The van der Waals surface area contributed by atoms with Crippen LogP contribution in [0.15, 0.2) is 30.3 Å². The first-order valence-corrected chi connectivity index (χ1v) is 6.96. The molecule has 1 saturated heterocycles. The Morgan fingerprint density at radius 3 is 2.33 bits per heavy atom. The Hall–Kier alpha value is -0.900. The minimum atomic E-state index is 0.130. The van der Waals surface area contributed by atoms with Crippen LogP contribution < -0.4 is 5.73 Å². The van der Waals surface area contributed by atoms with Gasteiger partial charge >= 0.3 is 0 Å². The van der Waals surface area contributed by atoms with Gasteiger partial charge in [0.05, 0.1) is 13.2 Å². The summed E-state index contributed by atoms with van der Waals surface area (Å²) in [5.74, 6) is 0. The number of nitrogens with two attached hydrogens (primary N) is 1. The van der Waals surface area contributed by atoms with Crippen molar-refractivity contribution >= 4 is 0 Å². The smallest absolute Gasteiger partial charge is 0.0594 e. The zero-order valence-corrected chi connectivity index (χ0v) is 10.8. The minimum Gasteiger partial charge on any atom is -0.379 e. The van der Waals surface area contributed by atoms with Gasteiger partial charge in [0.15, 0.2) is 0 Å². The lowest BCUT2D eigenvalue weighted by molar-refractivity contribution is -0.0687. The maximum atomic E-state index is 6.58. The fourth-order valence-corrected chi connectivity index (χ4v) is 3.34. The second-order valence-corrected chi connectivity index (χ2v) is 5.44. The van der Waals surface area contributed by atoms with Gasteiger partial charge in [-0.1, -0.05) is 30.3 Å². The first-order valence-electron chi connectivity index (χ1n) is 6.96. The third kappa shape index (κ3) is 1.96. The fraction of sp³-hybridized carbons (Fsp3) is 0.600. The highest BCUT2D eigenvalue weighted by Gasteiger charge is 2.47. The lowest BCUT2D eigenvalue weighted by Gasteiger charge is -2.55. The van der Waals surface area contributed by atoms with E-state index in [4.69, 9.17) is 10.5 Å². The summed E-state index contributed by atoms with van der Waals surface area (Å²) in [6.45, 7) is 3.76. The largest absolute Gasteiger partial charge is 0.379 e. The van der Waals surface area contributed by atoms with Gasteiger partial charge in [-0.15, -0.1) is 0 Å². The molecule has 18 heavy (non-hydrogen) atoms. The van der Waals surface area contributed by atoms with Crippen molar-refractivity contribution in [1.29, 1.82) is 0 Å². The lowest BCUT2D eigenvalue weighted by atomic mass is 9.68. The summed E-state index contributed by atoms with van der Waals surface area (Å²) in [5, 5.41) is 0. The Morgan fingerprint density at radius 1 is 1.11 bits per heavy atom. The second kappa shape index (κ2) is 5.00. The van der Waals surface area contributed by atoms with Crippen LogP contribution in [-0.2, 0) is 4.74 Å². The molecule has 2 fully saturated rings. The van der Waals surface area contributed by atoms with E-state index < -0.39 is 0 Å². The molecule has 3 rings (SSSR count). The highest BCUT2D eigenvalue weighted by Crippen LogP contribution is 2.45. The van der Waals surface area contributed by atoms with Crippen LogP contribution in [0.5, 0.6) is 0 Å². The monoisotopic (exact) mass is 246 g/mol. The van der Waals surface area contributed by atoms with Gasteiger partial charge in [0.2, 0.25) is 0 Å². The zero-order chi connectivity index (χ0) is 12.4. The van der Waals surface area contributed by atoms with Gasteiger partial charge < -0.3 is 10.5 Å². The van der Waals surface area contributed by atoms with Crippen molar-refractivity contribution in [1.82, 2.24) is 4.90 Å². The Balaban J connectivity index is 1.82. The van der Waals surface area contributed by atoms with Gasteiger partial charge in [-0.25, -0.2) is 0 Å². The quantitative estimate of drug-likeness (QED) is 0.886. The molecule has 1 saturated carbocycles. The second-order valence-electron chi connectivity index (χ2n) is 5.44. The van der Waals surface area contributed by atoms with Crippen molar-refractivity contribution in [3.8, 4) is 0 Å². The SMILES string of the molecule is NC(c1ccccc1)C1(N2CCOCC2)CCC1. The maximum absolute atomic E-state index is 6.58. The summed E-state index contributed by atoms with van der Waals surface area (Å²) in [7, 11) is 0. The molecule has 0 bridgehead atoms. The number of ether oxygens (including phenoxy) is 1. The molecule has 1 atom stereocenters. The highest BCUT2D eigenvalue weighted by molar-refractivity contribution is 5.24. The fourth-order valence-electron chi connectivity index (χ4n) is 3.34. The van der Waals surface area contributed by atoms with E-state index in [0.717, 1.165) is 26.3 Å². The number of hydrogen-bond acceptors (Lipinski definition) is 3. The molecule has 2 N–H and O–H groups in total. The van der Waals surface area contributed by atoms with E-state index in [2.05, 4.69) is 35.2 Å². The van der Waals surface area contributed by atoms with Gasteiger partial charge in [0, 0.05) is 24.7 Å². The van der Waals surface area contributed by atoms with Gasteiger partial charge in [-0.3, -0.25) is 4.90 Å². The molecule has 1 aliphatic carbocycles. The molecule has 0 spiro atoms. The van der Waals surface area contributed by atoms with E-state index in [1.807, 2.05) is 0 Å². The molecule has 1 unspecified atom stereocenters. The molecule has 3 heteroatoms. The molecule has 98 valence electrons. The van der Waals surface area contributed by atoms with Crippen molar-refractivity contribution in [2.45, 2.75) is 30.8 Å². The average Bonchev–Trinajstić information content (AvgIpc) is 2.40. The van der Waals surface area contributed by atoms with E-state index in [1.165, 1.54) is 24.8 Å². The summed E-state index contributed by atoms with van der Waals surface area (Å²) < 4.78 is 5.47. The van der Waals surface area contributed by atoms with Crippen LogP contribution in [0.1, 0.15) is 30.9 Å². The van der Waals surface area contributed by atoms with Crippen LogP contribution in [0.2, 0.25) is 0 Å². The topological polar surface area (TPSA) is 38.5 Å². The molecule has 1 heterocycles. The summed E-state index contributed by atoms with van der Waals surface area (Å²) in [4.78, 5) is 2.57. The predicted octanol–water partition coefficient (Wildman–Crippen LogP) is 1.94. The number of morpholine rings is 1. The van der Waals surface area contributed by atoms with Crippen molar-refractivity contribution in [3.05, 3.63) is 35.9 Å². The van der Waals surface area contributed by atoms with Gasteiger partial charge in [-0.05, 0) is 24.8 Å². The molecule has 3 nitrogen and oxygen atoms in total. The van der Waals surface area contributed by atoms with E-state index in [-0.39, 0.29) is 11.6 Å². The standard InChI is InChI=1S/C15H22N2O/c16-14(13-5-2-1-3-6-13)15(7-4-8-15)17-9-11-18-12-10-17/h1-3,5-6,14H,4,7-12,16H2. The summed E-state index contributed by atoms with van der Waals surface area (Å²) in [6, 6.07) is 10.7. The van der Waals surface area contributed by atoms with Crippen LogP contribution >= 0.6 is 0 Å². The number of benzene rings is 1. The first kappa shape index (κ1) is 12.2. The molecule has 2 aliphatic rings. The molecule has 0 amide bonds. The maximum Gasteiger partial charge on any atom is 0.0594 e. The van der Waals surface area contributed by atoms with Gasteiger partial charge in [0.25, 0.3) is 0 Å². The predicted molar refractivity (Wildman–Crippen MR) is 72.3 cm³/mol. The van der Waals surface area contributed by atoms with Crippen molar-refractivity contribution < 1.29 is 4.74 Å². The molecule has 0 aromatic heterocycles. The Morgan fingerprint density at radius 2 is 1.78 bits per heavy atom. The highest BCUT2D eigenvalue weighted by atomic mass is 16.5. The van der Waals surface area contributed by atoms with Crippen LogP contribution in [0.25, 0.3) is 0 Å². The summed E-state index contributed by atoms with van der Waals surface area (Å²) in [5.41, 5.74) is 8.04. The third-order valence-electron chi connectivity index (χ3n) is 4.60. The van der Waals surface area contributed by atoms with E-state index in [1.54, 1.807) is 0 Å².